The highest BCUT2D eigenvalue weighted by Crippen LogP contribution is 2.19. The zero-order valence-corrected chi connectivity index (χ0v) is 10.6. The van der Waals surface area contributed by atoms with Crippen LogP contribution in [0.4, 0.5) is 0 Å². The average molecular weight is 231 g/mol. The maximum Gasteiger partial charge on any atom is 0.335 e. The van der Waals surface area contributed by atoms with E-state index in [1.165, 1.54) is 0 Å². The Balaban J connectivity index is 0.000000686. The number of hydrogen-bond acceptors (Lipinski definition) is 2. The number of carbonyl (C=O) groups is 1. The van der Waals surface area contributed by atoms with Crippen LogP contribution in [0.15, 0.2) is 24.4 Å². The molecule has 2 rings (SSSR count). The highest BCUT2D eigenvalue weighted by Gasteiger charge is 2.07. The van der Waals surface area contributed by atoms with Crippen LogP contribution in [0.25, 0.3) is 10.9 Å². The maximum atomic E-state index is 10.9. The summed E-state index contributed by atoms with van der Waals surface area (Å²) in [6.07, 6.45) is 1.79. The van der Waals surface area contributed by atoms with Gasteiger partial charge in [0.25, 0.3) is 0 Å². The third kappa shape index (κ3) is 2.81. The van der Waals surface area contributed by atoms with Crippen molar-refractivity contribution in [3.05, 3.63) is 41.1 Å². The largest absolute Gasteiger partial charge is 0.478 e. The van der Waals surface area contributed by atoms with Crippen LogP contribution in [0.1, 0.15) is 35.3 Å². The Morgan fingerprint density at radius 1 is 1.18 bits per heavy atom. The Morgan fingerprint density at radius 3 is 2.41 bits per heavy atom. The summed E-state index contributed by atoms with van der Waals surface area (Å²) in [4.78, 5) is 15.1. The lowest BCUT2D eigenvalue weighted by Gasteiger charge is -2.04. The van der Waals surface area contributed by atoms with Crippen molar-refractivity contribution in [2.24, 2.45) is 0 Å². The van der Waals surface area contributed by atoms with Crippen LogP contribution in [0.2, 0.25) is 0 Å². The number of rotatable bonds is 1. The van der Waals surface area contributed by atoms with Gasteiger partial charge in [0.1, 0.15) is 0 Å². The van der Waals surface area contributed by atoms with Gasteiger partial charge in [-0.1, -0.05) is 13.8 Å². The van der Waals surface area contributed by atoms with Crippen LogP contribution < -0.4 is 0 Å². The third-order valence-electron chi connectivity index (χ3n) is 2.36. The molecule has 0 saturated carbocycles. The molecule has 0 atom stereocenters. The lowest BCUT2D eigenvalue weighted by atomic mass is 10.1. The van der Waals surface area contributed by atoms with Crippen LogP contribution in [0, 0.1) is 13.8 Å². The summed E-state index contributed by atoms with van der Waals surface area (Å²) in [6.45, 7) is 7.81. The van der Waals surface area contributed by atoms with E-state index in [4.69, 9.17) is 5.11 Å². The summed E-state index contributed by atoms with van der Waals surface area (Å²) in [7, 11) is 0. The monoisotopic (exact) mass is 231 g/mol. The number of hydrogen-bond donors (Lipinski definition) is 1. The molecule has 2 aromatic rings. The van der Waals surface area contributed by atoms with E-state index in [9.17, 15) is 4.79 Å². The van der Waals surface area contributed by atoms with Gasteiger partial charge in [0.15, 0.2) is 0 Å². The van der Waals surface area contributed by atoms with Gasteiger partial charge < -0.3 is 5.11 Å². The highest BCUT2D eigenvalue weighted by molar-refractivity contribution is 5.94. The quantitative estimate of drug-likeness (QED) is 0.816. The normalized spacial score (nSPS) is 9.65. The van der Waals surface area contributed by atoms with E-state index in [2.05, 4.69) is 4.98 Å². The molecule has 17 heavy (non-hydrogen) atoms. The van der Waals surface area contributed by atoms with Crippen LogP contribution in [-0.2, 0) is 0 Å². The second-order valence-electron chi connectivity index (χ2n) is 3.68. The van der Waals surface area contributed by atoms with Gasteiger partial charge in [-0.15, -0.1) is 0 Å². The van der Waals surface area contributed by atoms with Crippen LogP contribution in [-0.4, -0.2) is 16.1 Å². The zero-order chi connectivity index (χ0) is 13.0. The molecule has 0 radical (unpaired) electrons. The van der Waals surface area contributed by atoms with Crippen molar-refractivity contribution in [2.45, 2.75) is 27.7 Å². The fourth-order valence-corrected chi connectivity index (χ4v) is 1.67. The van der Waals surface area contributed by atoms with Crippen LogP contribution in [0.3, 0.4) is 0 Å². The molecule has 0 spiro atoms. The molecular formula is C14H17NO2. The van der Waals surface area contributed by atoms with Gasteiger partial charge in [-0.05, 0) is 43.2 Å². The Bertz CT molecular complexity index is 547. The highest BCUT2D eigenvalue weighted by atomic mass is 16.4. The minimum atomic E-state index is -0.901. The number of aromatic carboxylic acids is 1. The van der Waals surface area contributed by atoms with E-state index in [0.717, 1.165) is 22.0 Å². The topological polar surface area (TPSA) is 50.2 Å². The van der Waals surface area contributed by atoms with Crippen molar-refractivity contribution in [3.63, 3.8) is 0 Å². The van der Waals surface area contributed by atoms with E-state index in [-0.39, 0.29) is 0 Å². The maximum absolute atomic E-state index is 10.9. The molecule has 0 bridgehead atoms. The summed E-state index contributed by atoms with van der Waals surface area (Å²) in [5.74, 6) is -0.901. The molecule has 1 N–H and O–H groups in total. The number of fused-ring (bicyclic) bond motifs is 1. The predicted octanol–water partition coefficient (Wildman–Crippen LogP) is 3.58. The number of aryl methyl sites for hydroxylation is 2. The van der Waals surface area contributed by atoms with Crippen molar-refractivity contribution in [2.75, 3.05) is 0 Å². The number of carboxylic acids is 1. The molecule has 1 aromatic carbocycles. The van der Waals surface area contributed by atoms with Gasteiger partial charge >= 0.3 is 5.97 Å². The second-order valence-corrected chi connectivity index (χ2v) is 3.68. The fourth-order valence-electron chi connectivity index (χ4n) is 1.67. The van der Waals surface area contributed by atoms with Crippen molar-refractivity contribution < 1.29 is 9.90 Å². The summed E-state index contributed by atoms with van der Waals surface area (Å²) >= 11 is 0. The number of aromatic nitrogens is 1. The van der Waals surface area contributed by atoms with Gasteiger partial charge in [-0.2, -0.15) is 0 Å². The second kappa shape index (κ2) is 5.43. The van der Waals surface area contributed by atoms with Gasteiger partial charge in [0.05, 0.1) is 11.1 Å². The van der Waals surface area contributed by atoms with Gasteiger partial charge in [0.2, 0.25) is 0 Å². The average Bonchev–Trinajstić information content (AvgIpc) is 2.30. The van der Waals surface area contributed by atoms with Gasteiger partial charge in [0, 0.05) is 11.6 Å². The molecule has 0 unspecified atom stereocenters. The lowest BCUT2D eigenvalue weighted by Crippen LogP contribution is -1.97. The number of pyridine rings is 1. The van der Waals surface area contributed by atoms with E-state index in [0.29, 0.717) is 5.56 Å². The standard InChI is InChI=1S/C12H11NO2.C2H6/c1-7-3-9-5-10(12(14)15)4-8(2)11(9)13-6-7;1-2/h3-6H,1-2H3,(H,14,15);1-2H3. The summed E-state index contributed by atoms with van der Waals surface area (Å²) in [6, 6.07) is 5.25. The first kappa shape index (κ1) is 13.2. The van der Waals surface area contributed by atoms with Crippen molar-refractivity contribution in [1.82, 2.24) is 4.98 Å². The Morgan fingerprint density at radius 2 is 1.82 bits per heavy atom. The lowest BCUT2D eigenvalue weighted by molar-refractivity contribution is 0.0697. The molecule has 1 aromatic heterocycles. The Labute approximate surface area is 101 Å². The fraction of sp³-hybridized carbons (Fsp3) is 0.286. The third-order valence-corrected chi connectivity index (χ3v) is 2.36. The molecule has 0 amide bonds. The molecule has 0 aliphatic carbocycles. The summed E-state index contributed by atoms with van der Waals surface area (Å²) < 4.78 is 0. The summed E-state index contributed by atoms with van der Waals surface area (Å²) in [5.41, 5.74) is 3.10. The molecule has 0 fully saturated rings. The van der Waals surface area contributed by atoms with E-state index in [1.807, 2.05) is 33.8 Å². The minimum absolute atomic E-state index is 0.312. The molecular weight excluding hydrogens is 214 g/mol. The SMILES string of the molecule is CC.Cc1cnc2c(C)cc(C(=O)O)cc2c1. The predicted molar refractivity (Wildman–Crippen MR) is 69.5 cm³/mol. The molecule has 3 nitrogen and oxygen atoms in total. The van der Waals surface area contributed by atoms with Gasteiger partial charge in [-0.3, -0.25) is 4.98 Å². The smallest absolute Gasteiger partial charge is 0.335 e. The Hall–Kier alpha value is -1.90. The number of benzene rings is 1. The van der Waals surface area contributed by atoms with Crippen molar-refractivity contribution in [1.29, 1.82) is 0 Å². The molecule has 0 aliphatic rings. The minimum Gasteiger partial charge on any atom is -0.478 e. The zero-order valence-electron chi connectivity index (χ0n) is 10.6. The van der Waals surface area contributed by atoms with E-state index >= 15 is 0 Å². The molecule has 1 heterocycles. The molecule has 0 aliphatic heterocycles. The van der Waals surface area contributed by atoms with E-state index in [1.54, 1.807) is 18.3 Å². The first-order valence-electron chi connectivity index (χ1n) is 5.68. The van der Waals surface area contributed by atoms with Crippen LogP contribution in [0.5, 0.6) is 0 Å². The summed E-state index contributed by atoms with van der Waals surface area (Å²) in [5, 5.41) is 9.80. The van der Waals surface area contributed by atoms with E-state index < -0.39 is 5.97 Å². The first-order chi connectivity index (χ1) is 8.08. The molecule has 3 heteroatoms. The first-order valence-corrected chi connectivity index (χ1v) is 5.68. The molecule has 0 saturated heterocycles. The number of nitrogens with zero attached hydrogens (tertiary/aromatic N) is 1. The van der Waals surface area contributed by atoms with Gasteiger partial charge in [-0.25, -0.2) is 4.79 Å². The Kier molecular flexibility index (Phi) is 4.21. The molecule has 90 valence electrons. The van der Waals surface area contributed by atoms with Crippen molar-refractivity contribution in [3.8, 4) is 0 Å². The van der Waals surface area contributed by atoms with Crippen LogP contribution >= 0.6 is 0 Å². The van der Waals surface area contributed by atoms with Crippen molar-refractivity contribution >= 4 is 16.9 Å². The number of carboxylic acid groups (broad SMARTS) is 1.